The summed E-state index contributed by atoms with van der Waals surface area (Å²) in [5, 5.41) is 4.54. The molecule has 8 heteroatoms. The van der Waals surface area contributed by atoms with E-state index in [1.165, 1.54) is 0 Å². The third-order valence-electron chi connectivity index (χ3n) is 3.71. The first-order valence-electron chi connectivity index (χ1n) is 8.36. The molecule has 2 aromatic rings. The molecule has 0 aromatic heterocycles. The summed E-state index contributed by atoms with van der Waals surface area (Å²) in [6.07, 6.45) is 0.877. The fraction of sp³-hybridized carbons (Fsp3) is 0.263. The molecule has 0 radical (unpaired) electrons. The Hall–Kier alpha value is -2.02. The molecule has 0 bridgehead atoms. The zero-order valence-corrected chi connectivity index (χ0v) is 17.4. The van der Waals surface area contributed by atoms with Gasteiger partial charge in [-0.2, -0.15) is 0 Å². The molecule has 0 saturated heterocycles. The number of nitrogens with one attached hydrogen (secondary N) is 3. The van der Waals surface area contributed by atoms with E-state index < -0.39 is 0 Å². The molecule has 2 rings (SSSR count). The van der Waals surface area contributed by atoms with Gasteiger partial charge >= 0.3 is 0 Å². The Labute approximate surface area is 174 Å². The Morgan fingerprint density at radius 1 is 1.04 bits per heavy atom. The third-order valence-corrected chi connectivity index (χ3v) is 4.38. The normalized spacial score (nSPS) is 10.2. The average Bonchev–Trinajstić information content (AvgIpc) is 2.61. The van der Waals surface area contributed by atoms with Gasteiger partial charge in [0.1, 0.15) is 5.75 Å². The summed E-state index contributed by atoms with van der Waals surface area (Å²) < 4.78 is 5.66. The minimum atomic E-state index is -0.182. The summed E-state index contributed by atoms with van der Waals surface area (Å²) in [6.45, 7) is 4.29. The van der Waals surface area contributed by atoms with Crippen molar-refractivity contribution in [1.82, 2.24) is 10.9 Å². The second-order valence-corrected chi connectivity index (χ2v) is 7.23. The minimum absolute atomic E-state index is 0.182. The maximum Gasteiger partial charge on any atom is 0.238 e. The van der Waals surface area contributed by atoms with Crippen LogP contribution in [0.4, 0.5) is 5.69 Å². The lowest BCUT2D eigenvalue weighted by molar-refractivity contribution is -0.121. The van der Waals surface area contributed by atoms with Gasteiger partial charge in [-0.1, -0.05) is 29.3 Å². The molecular formula is C19H21Cl2N3O2S. The molecule has 0 atom stereocenters. The van der Waals surface area contributed by atoms with E-state index in [1.54, 1.807) is 18.2 Å². The Morgan fingerprint density at radius 3 is 2.48 bits per heavy atom. The number of halogens is 2. The monoisotopic (exact) mass is 425 g/mol. The Kier molecular flexibility index (Phi) is 8.16. The van der Waals surface area contributed by atoms with E-state index in [2.05, 4.69) is 16.2 Å². The van der Waals surface area contributed by atoms with Gasteiger partial charge in [0, 0.05) is 22.2 Å². The zero-order valence-electron chi connectivity index (χ0n) is 15.1. The van der Waals surface area contributed by atoms with Crippen molar-refractivity contribution >= 4 is 52.1 Å². The number of amides is 1. The van der Waals surface area contributed by atoms with Crippen LogP contribution in [0.1, 0.15) is 24.0 Å². The highest BCUT2D eigenvalue weighted by molar-refractivity contribution is 7.80. The van der Waals surface area contributed by atoms with Crippen molar-refractivity contribution in [3.05, 3.63) is 57.6 Å². The number of carbonyl (C=O) groups is 1. The van der Waals surface area contributed by atoms with E-state index >= 15 is 0 Å². The number of carbonyl (C=O) groups excluding carboxylic acids is 1. The number of hydrogen-bond acceptors (Lipinski definition) is 3. The number of ether oxygens (including phenoxy) is 1. The number of hydrazine groups is 1. The van der Waals surface area contributed by atoms with Gasteiger partial charge in [-0.3, -0.25) is 15.6 Å². The van der Waals surface area contributed by atoms with Crippen molar-refractivity contribution in [2.24, 2.45) is 0 Å². The van der Waals surface area contributed by atoms with Crippen LogP contribution in [0.2, 0.25) is 10.0 Å². The van der Waals surface area contributed by atoms with Crippen LogP contribution in [0.5, 0.6) is 5.75 Å². The van der Waals surface area contributed by atoms with E-state index in [1.807, 2.05) is 32.0 Å². The Bertz CT molecular complexity index is 831. The van der Waals surface area contributed by atoms with Gasteiger partial charge in [0.25, 0.3) is 0 Å². The second-order valence-electron chi connectivity index (χ2n) is 5.95. The average molecular weight is 426 g/mol. The van der Waals surface area contributed by atoms with Crippen molar-refractivity contribution in [3.63, 3.8) is 0 Å². The molecule has 0 heterocycles. The summed E-state index contributed by atoms with van der Waals surface area (Å²) in [6, 6.07) is 10.9. The topological polar surface area (TPSA) is 62.4 Å². The molecule has 0 aliphatic heterocycles. The van der Waals surface area contributed by atoms with Crippen molar-refractivity contribution in [2.45, 2.75) is 26.7 Å². The van der Waals surface area contributed by atoms with Gasteiger partial charge in [0.15, 0.2) is 5.11 Å². The predicted octanol–water partition coefficient (Wildman–Crippen LogP) is 4.79. The van der Waals surface area contributed by atoms with Crippen LogP contribution in [0, 0.1) is 13.8 Å². The molecule has 0 fully saturated rings. The lowest BCUT2D eigenvalue weighted by atomic mass is 10.2. The van der Waals surface area contributed by atoms with Crippen molar-refractivity contribution < 1.29 is 9.53 Å². The summed E-state index contributed by atoms with van der Waals surface area (Å²) in [5.74, 6) is 0.582. The predicted molar refractivity (Wildman–Crippen MR) is 115 cm³/mol. The molecule has 5 nitrogen and oxygen atoms in total. The third kappa shape index (κ3) is 7.25. The standard InChI is InChI=1S/C19H21Cl2N3O2S/c1-12-5-6-15(21)11-16(12)22-19(27)24-23-18(25)4-3-9-26-17-8-7-14(20)10-13(17)2/h5-8,10-11H,3-4,9H2,1-2H3,(H,23,25)(H2,22,24,27). The Morgan fingerprint density at radius 2 is 1.74 bits per heavy atom. The van der Waals surface area contributed by atoms with Gasteiger partial charge in [0.05, 0.1) is 6.61 Å². The van der Waals surface area contributed by atoms with Gasteiger partial charge in [-0.05, 0) is 73.9 Å². The molecule has 0 spiro atoms. The minimum Gasteiger partial charge on any atom is -0.493 e. The van der Waals surface area contributed by atoms with Crippen molar-refractivity contribution in [1.29, 1.82) is 0 Å². The van der Waals surface area contributed by atoms with Crippen LogP contribution in [0.25, 0.3) is 0 Å². The fourth-order valence-electron chi connectivity index (χ4n) is 2.26. The van der Waals surface area contributed by atoms with Gasteiger partial charge in [-0.15, -0.1) is 0 Å². The molecular weight excluding hydrogens is 405 g/mol. The zero-order chi connectivity index (χ0) is 19.8. The maximum atomic E-state index is 11.9. The molecule has 0 saturated carbocycles. The van der Waals surface area contributed by atoms with Crippen LogP contribution in [-0.4, -0.2) is 17.6 Å². The first-order valence-corrected chi connectivity index (χ1v) is 9.52. The molecule has 3 N–H and O–H groups in total. The number of aryl methyl sites for hydroxylation is 2. The van der Waals surface area contributed by atoms with E-state index in [0.29, 0.717) is 29.5 Å². The van der Waals surface area contributed by atoms with Crippen molar-refractivity contribution in [2.75, 3.05) is 11.9 Å². The molecule has 144 valence electrons. The van der Waals surface area contributed by atoms with Gasteiger partial charge < -0.3 is 10.1 Å². The van der Waals surface area contributed by atoms with E-state index in [-0.39, 0.29) is 11.0 Å². The molecule has 0 unspecified atom stereocenters. The fourth-order valence-corrected chi connectivity index (χ4v) is 2.82. The van der Waals surface area contributed by atoms with E-state index in [9.17, 15) is 4.79 Å². The maximum absolute atomic E-state index is 11.9. The van der Waals surface area contributed by atoms with Gasteiger partial charge in [-0.25, -0.2) is 0 Å². The van der Waals surface area contributed by atoms with Gasteiger partial charge in [0.2, 0.25) is 5.91 Å². The molecule has 27 heavy (non-hydrogen) atoms. The lowest BCUT2D eigenvalue weighted by Crippen LogP contribution is -2.43. The Balaban J connectivity index is 1.67. The highest BCUT2D eigenvalue weighted by Gasteiger charge is 2.06. The number of rotatable bonds is 6. The smallest absolute Gasteiger partial charge is 0.238 e. The van der Waals surface area contributed by atoms with Crippen LogP contribution < -0.4 is 20.9 Å². The lowest BCUT2D eigenvalue weighted by Gasteiger charge is -2.13. The van der Waals surface area contributed by atoms with E-state index in [4.69, 9.17) is 40.2 Å². The van der Waals surface area contributed by atoms with Crippen LogP contribution in [0.15, 0.2) is 36.4 Å². The molecule has 0 aliphatic carbocycles. The number of hydrogen-bond donors (Lipinski definition) is 3. The number of benzene rings is 2. The highest BCUT2D eigenvalue weighted by atomic mass is 35.5. The van der Waals surface area contributed by atoms with E-state index in [0.717, 1.165) is 22.6 Å². The largest absolute Gasteiger partial charge is 0.493 e. The quantitative estimate of drug-likeness (QED) is 0.352. The van der Waals surface area contributed by atoms with Crippen molar-refractivity contribution in [3.8, 4) is 5.75 Å². The van der Waals surface area contributed by atoms with Crippen LogP contribution in [0.3, 0.4) is 0 Å². The number of anilines is 1. The number of thiocarbonyl (C=S) groups is 1. The molecule has 0 aliphatic rings. The summed E-state index contributed by atoms with van der Waals surface area (Å²) in [4.78, 5) is 11.9. The second kappa shape index (κ2) is 10.3. The molecule has 1 amide bonds. The van der Waals surface area contributed by atoms with Crippen LogP contribution >= 0.6 is 35.4 Å². The SMILES string of the molecule is Cc1ccc(Cl)cc1NC(=S)NNC(=O)CCCOc1ccc(Cl)cc1C. The first kappa shape index (κ1) is 21.3. The summed E-state index contributed by atoms with van der Waals surface area (Å²) in [5.41, 5.74) is 7.96. The summed E-state index contributed by atoms with van der Waals surface area (Å²) >= 11 is 17.0. The highest BCUT2D eigenvalue weighted by Crippen LogP contribution is 2.22. The molecule has 2 aromatic carbocycles. The first-order chi connectivity index (χ1) is 12.8. The summed E-state index contributed by atoms with van der Waals surface area (Å²) in [7, 11) is 0. The van der Waals surface area contributed by atoms with Crippen LogP contribution in [-0.2, 0) is 4.79 Å².